The molecule has 0 saturated carbocycles. The average Bonchev–Trinajstić information content (AvgIpc) is 3.12. The van der Waals surface area contributed by atoms with Crippen LogP contribution in [-0.2, 0) is 7.05 Å². The minimum Gasteiger partial charge on any atom is -0.437 e. The van der Waals surface area contributed by atoms with Crippen molar-refractivity contribution in [2.24, 2.45) is 7.05 Å². The quantitative estimate of drug-likeness (QED) is 0.371. The molecule has 0 spiro atoms. The summed E-state index contributed by atoms with van der Waals surface area (Å²) >= 11 is 0. The first kappa shape index (κ1) is 13.7. The summed E-state index contributed by atoms with van der Waals surface area (Å²) in [5.74, 6) is 0. The van der Waals surface area contributed by atoms with Crippen LogP contribution < -0.4 is 4.57 Å². The van der Waals surface area contributed by atoms with E-state index in [4.69, 9.17) is 8.53 Å². The van der Waals surface area contributed by atoms with E-state index in [2.05, 4.69) is 17.1 Å². The molecule has 5 rings (SSSR count). The van der Waals surface area contributed by atoms with Gasteiger partial charge >= 0.3 is 0 Å². The van der Waals surface area contributed by atoms with Gasteiger partial charge in [-0.1, -0.05) is 42.5 Å². The van der Waals surface area contributed by atoms with E-state index < -0.39 is 6.85 Å². The normalized spacial score (nSPS) is 13.4. The molecule has 2 aromatic carbocycles. The predicted octanol–water partition coefficient (Wildman–Crippen LogP) is 5.76. The number of furan rings is 1. The zero-order valence-electron chi connectivity index (χ0n) is 18.7. The Kier molecular flexibility index (Phi) is 3.08. The standard InChI is InChI=1S/C25H21N2O/c1-16-11-12-19-20-10-7-13-26-25(20)28-24(19)23(16)22-14-21(17(2)15-27(22)3)18-8-5-4-6-9-18/h4-15H,1-3H3/q+1/i2D3. The largest absolute Gasteiger partial charge is 0.437 e. The SMILES string of the molecule is [2H]C([2H])([2H])c1c[n+](C)c(-c2c(C)ccc3c2oc2ncccc23)cc1-c1ccccc1. The summed E-state index contributed by atoms with van der Waals surface area (Å²) in [6, 6.07) is 19.6. The van der Waals surface area contributed by atoms with E-state index in [1.165, 1.54) is 0 Å². The van der Waals surface area contributed by atoms with Gasteiger partial charge in [0.1, 0.15) is 7.05 Å². The Labute approximate surface area is 168 Å². The molecule has 0 bridgehead atoms. The van der Waals surface area contributed by atoms with E-state index in [0.29, 0.717) is 16.8 Å². The molecule has 3 heteroatoms. The van der Waals surface area contributed by atoms with Gasteiger partial charge in [0.2, 0.25) is 11.4 Å². The van der Waals surface area contributed by atoms with Gasteiger partial charge in [0.15, 0.2) is 11.8 Å². The summed E-state index contributed by atoms with van der Waals surface area (Å²) < 4.78 is 32.3. The summed E-state index contributed by atoms with van der Waals surface area (Å²) in [6.07, 6.45) is 3.43. The number of fused-ring (bicyclic) bond motifs is 3. The third-order valence-corrected chi connectivity index (χ3v) is 5.24. The molecule has 0 atom stereocenters. The van der Waals surface area contributed by atoms with Gasteiger partial charge in [-0.2, -0.15) is 0 Å². The first-order chi connectivity index (χ1) is 14.8. The molecule has 5 aromatic rings. The molecule has 3 heterocycles. The fraction of sp³-hybridized carbons (Fsp3) is 0.120. The van der Waals surface area contributed by atoms with Crippen LogP contribution in [0, 0.1) is 13.8 Å². The summed E-state index contributed by atoms with van der Waals surface area (Å²) in [7, 11) is 1.87. The van der Waals surface area contributed by atoms with E-state index in [1.807, 2.05) is 67.1 Å². The van der Waals surface area contributed by atoms with Crippen LogP contribution in [0.1, 0.15) is 15.2 Å². The third kappa shape index (κ3) is 2.51. The second kappa shape index (κ2) is 6.31. The summed E-state index contributed by atoms with van der Waals surface area (Å²) in [5, 5.41) is 1.95. The van der Waals surface area contributed by atoms with Crippen molar-refractivity contribution >= 4 is 22.1 Å². The first-order valence-corrected chi connectivity index (χ1v) is 9.21. The maximum Gasteiger partial charge on any atom is 0.227 e. The van der Waals surface area contributed by atoms with Gasteiger partial charge in [0.25, 0.3) is 0 Å². The van der Waals surface area contributed by atoms with Crippen LogP contribution in [0.25, 0.3) is 44.5 Å². The van der Waals surface area contributed by atoms with Crippen molar-refractivity contribution in [1.29, 1.82) is 0 Å². The molecule has 0 aliphatic carbocycles. The zero-order chi connectivity index (χ0) is 21.8. The van der Waals surface area contributed by atoms with Crippen molar-refractivity contribution in [3.8, 4) is 22.4 Å². The molecule has 136 valence electrons. The van der Waals surface area contributed by atoms with Crippen LogP contribution in [0.3, 0.4) is 0 Å². The van der Waals surface area contributed by atoms with Crippen molar-refractivity contribution in [2.45, 2.75) is 13.8 Å². The van der Waals surface area contributed by atoms with Crippen molar-refractivity contribution in [3.63, 3.8) is 0 Å². The number of hydrogen-bond acceptors (Lipinski definition) is 2. The average molecular weight is 368 g/mol. The lowest BCUT2D eigenvalue weighted by Crippen LogP contribution is -2.31. The lowest BCUT2D eigenvalue weighted by atomic mass is 9.96. The Morgan fingerprint density at radius 3 is 2.64 bits per heavy atom. The number of benzene rings is 2. The maximum atomic E-state index is 8.07. The summed E-state index contributed by atoms with van der Waals surface area (Å²) in [6.45, 7) is -0.193. The molecule has 0 unspecified atom stereocenters. The molecule has 3 aromatic heterocycles. The number of aromatic nitrogens is 2. The Hall–Kier alpha value is -3.46. The Bertz CT molecular complexity index is 1440. The number of pyridine rings is 2. The molecule has 0 aliphatic heterocycles. The summed E-state index contributed by atoms with van der Waals surface area (Å²) in [5.41, 5.74) is 6.09. The Morgan fingerprint density at radius 1 is 0.964 bits per heavy atom. The van der Waals surface area contributed by atoms with Gasteiger partial charge in [-0.05, 0) is 42.6 Å². The lowest BCUT2D eigenvalue weighted by Gasteiger charge is -2.10. The number of rotatable bonds is 2. The highest BCUT2D eigenvalue weighted by Crippen LogP contribution is 2.37. The molecule has 28 heavy (non-hydrogen) atoms. The van der Waals surface area contributed by atoms with E-state index >= 15 is 0 Å². The summed E-state index contributed by atoms with van der Waals surface area (Å²) in [4.78, 5) is 4.37. The van der Waals surface area contributed by atoms with Crippen LogP contribution in [0.4, 0.5) is 0 Å². The monoisotopic (exact) mass is 368 g/mol. The zero-order valence-corrected chi connectivity index (χ0v) is 15.7. The molecule has 0 aliphatic rings. The highest BCUT2D eigenvalue weighted by Gasteiger charge is 2.22. The molecule has 0 amide bonds. The van der Waals surface area contributed by atoms with Crippen molar-refractivity contribution in [3.05, 3.63) is 84.2 Å². The predicted molar refractivity (Wildman–Crippen MR) is 113 cm³/mol. The highest BCUT2D eigenvalue weighted by atomic mass is 16.3. The van der Waals surface area contributed by atoms with E-state index in [-0.39, 0.29) is 0 Å². The van der Waals surface area contributed by atoms with E-state index in [9.17, 15) is 0 Å². The highest BCUT2D eigenvalue weighted by molar-refractivity contribution is 6.08. The Morgan fingerprint density at radius 2 is 1.82 bits per heavy atom. The van der Waals surface area contributed by atoms with Crippen LogP contribution in [-0.4, -0.2) is 4.98 Å². The fourth-order valence-corrected chi connectivity index (χ4v) is 3.85. The number of hydrogen-bond donors (Lipinski definition) is 0. The third-order valence-electron chi connectivity index (χ3n) is 5.24. The maximum absolute atomic E-state index is 8.07. The minimum atomic E-state index is -2.23. The number of nitrogens with zero attached hydrogens (tertiary/aromatic N) is 2. The van der Waals surface area contributed by atoms with E-state index in [0.717, 1.165) is 38.7 Å². The first-order valence-electron chi connectivity index (χ1n) is 10.7. The van der Waals surface area contributed by atoms with Gasteiger partial charge in [0.05, 0.1) is 5.56 Å². The Balaban J connectivity index is 1.86. The number of aryl methyl sites for hydroxylation is 3. The van der Waals surface area contributed by atoms with E-state index in [1.54, 1.807) is 12.4 Å². The minimum absolute atomic E-state index is 0.320. The molecule has 0 N–H and O–H groups in total. The van der Waals surface area contributed by atoms with Crippen molar-refractivity contribution in [1.82, 2.24) is 4.98 Å². The van der Waals surface area contributed by atoms with Gasteiger partial charge < -0.3 is 4.42 Å². The molecule has 0 fully saturated rings. The molecular weight excluding hydrogens is 344 g/mol. The smallest absolute Gasteiger partial charge is 0.227 e. The molecule has 0 saturated heterocycles. The van der Waals surface area contributed by atoms with Crippen LogP contribution in [0.5, 0.6) is 0 Å². The molecular formula is C25H21N2O+. The van der Waals surface area contributed by atoms with Gasteiger partial charge in [0, 0.05) is 32.7 Å². The second-order valence-corrected chi connectivity index (χ2v) is 7.06. The van der Waals surface area contributed by atoms with Gasteiger partial charge in [-0.25, -0.2) is 9.55 Å². The molecule has 0 radical (unpaired) electrons. The topological polar surface area (TPSA) is 29.9 Å². The van der Waals surface area contributed by atoms with Crippen LogP contribution >= 0.6 is 0 Å². The second-order valence-electron chi connectivity index (χ2n) is 7.06. The molecule has 3 nitrogen and oxygen atoms in total. The van der Waals surface area contributed by atoms with Gasteiger partial charge in [-0.15, -0.1) is 0 Å². The van der Waals surface area contributed by atoms with Crippen molar-refractivity contribution in [2.75, 3.05) is 0 Å². The van der Waals surface area contributed by atoms with Crippen molar-refractivity contribution < 1.29 is 13.1 Å². The fourth-order valence-electron chi connectivity index (χ4n) is 3.85. The van der Waals surface area contributed by atoms with Crippen LogP contribution in [0.2, 0.25) is 0 Å². The van der Waals surface area contributed by atoms with Crippen LogP contribution in [0.15, 0.2) is 77.5 Å². The lowest BCUT2D eigenvalue weighted by molar-refractivity contribution is -0.660. The van der Waals surface area contributed by atoms with Gasteiger partial charge in [-0.3, -0.25) is 0 Å².